The van der Waals surface area contributed by atoms with Crippen molar-refractivity contribution in [3.05, 3.63) is 46.2 Å². The summed E-state index contributed by atoms with van der Waals surface area (Å²) in [7, 11) is 0. The van der Waals surface area contributed by atoms with Crippen LogP contribution in [0, 0.1) is 6.92 Å². The lowest BCUT2D eigenvalue weighted by molar-refractivity contribution is 0.305. The Kier molecular flexibility index (Phi) is 5.65. The van der Waals surface area contributed by atoms with Gasteiger partial charge in [0.25, 0.3) is 0 Å². The number of hydrogen-bond acceptors (Lipinski definition) is 2. The van der Waals surface area contributed by atoms with Gasteiger partial charge >= 0.3 is 0 Å². The summed E-state index contributed by atoms with van der Waals surface area (Å²) in [5.74, 6) is 0.881. The molecule has 0 fully saturated rings. The van der Waals surface area contributed by atoms with E-state index in [4.69, 9.17) is 4.74 Å². The smallest absolute Gasteiger partial charge is 0.174 e. The molecule has 0 atom stereocenters. The summed E-state index contributed by atoms with van der Waals surface area (Å²) in [6, 6.07) is 10.5. The lowest BCUT2D eigenvalue weighted by Gasteiger charge is -2.06. The van der Waals surface area contributed by atoms with Gasteiger partial charge in [-0.1, -0.05) is 43.7 Å². The van der Waals surface area contributed by atoms with Crippen LogP contribution in [0.4, 0.5) is 0 Å². The summed E-state index contributed by atoms with van der Waals surface area (Å²) in [6.07, 6.45) is 3.18. The summed E-state index contributed by atoms with van der Waals surface area (Å²) in [5, 5.41) is 4.55. The van der Waals surface area contributed by atoms with Crippen molar-refractivity contribution in [2.75, 3.05) is 6.61 Å². The second-order valence-electron chi connectivity index (χ2n) is 4.87. The minimum Gasteiger partial charge on any atom is -0.489 e. The molecule has 108 valence electrons. The topological polar surface area (TPSA) is 27.1 Å². The molecule has 0 aliphatic carbocycles. The van der Waals surface area contributed by atoms with Crippen molar-refractivity contribution >= 4 is 15.9 Å². The average Bonchev–Trinajstić information content (AvgIpc) is 2.74. The Morgan fingerprint density at radius 2 is 2.00 bits per heavy atom. The van der Waals surface area contributed by atoms with Gasteiger partial charge in [-0.25, -0.2) is 0 Å². The summed E-state index contributed by atoms with van der Waals surface area (Å²) in [5.41, 5.74) is 2.27. The number of nitrogens with zero attached hydrogens (tertiary/aromatic N) is 2. The Hall–Kier alpha value is -1.29. The molecule has 2 rings (SSSR count). The van der Waals surface area contributed by atoms with Gasteiger partial charge in [0, 0.05) is 6.54 Å². The van der Waals surface area contributed by atoms with Gasteiger partial charge in [-0.05, 0) is 41.3 Å². The molecule has 3 nitrogen and oxygen atoms in total. The number of halogens is 1. The van der Waals surface area contributed by atoms with E-state index >= 15 is 0 Å². The zero-order chi connectivity index (χ0) is 14.4. The van der Waals surface area contributed by atoms with E-state index in [1.807, 2.05) is 17.7 Å². The van der Waals surface area contributed by atoms with Gasteiger partial charge in [-0.3, -0.25) is 4.68 Å². The quantitative estimate of drug-likeness (QED) is 0.701. The first-order chi connectivity index (χ1) is 9.72. The fraction of sp³-hybridized carbons (Fsp3) is 0.438. The third kappa shape index (κ3) is 3.85. The van der Waals surface area contributed by atoms with Gasteiger partial charge in [0.15, 0.2) is 5.75 Å². The number of ether oxygens (including phenoxy) is 1. The van der Waals surface area contributed by atoms with Crippen LogP contribution in [0.3, 0.4) is 0 Å². The van der Waals surface area contributed by atoms with Crippen LogP contribution in [-0.4, -0.2) is 16.4 Å². The standard InChI is InChI=1S/C16H21BrN2O/c1-3-4-12-20-15-13(2)18-19(16(15)17)11-10-14-8-6-5-7-9-14/h5-9H,3-4,10-12H2,1-2H3. The molecule has 0 saturated heterocycles. The highest BCUT2D eigenvalue weighted by molar-refractivity contribution is 9.10. The molecule has 1 aromatic heterocycles. The number of aryl methyl sites for hydroxylation is 3. The predicted octanol–water partition coefficient (Wildman–Crippen LogP) is 4.38. The maximum atomic E-state index is 5.81. The molecule has 0 unspecified atom stereocenters. The highest BCUT2D eigenvalue weighted by atomic mass is 79.9. The van der Waals surface area contributed by atoms with Gasteiger partial charge < -0.3 is 4.74 Å². The number of unbranched alkanes of at least 4 members (excludes halogenated alkanes) is 1. The third-order valence-corrected chi connectivity index (χ3v) is 3.98. The van der Waals surface area contributed by atoms with E-state index in [1.165, 1.54) is 5.56 Å². The van der Waals surface area contributed by atoms with Crippen molar-refractivity contribution in [2.24, 2.45) is 0 Å². The number of benzene rings is 1. The van der Waals surface area contributed by atoms with Gasteiger partial charge in [-0.15, -0.1) is 0 Å². The van der Waals surface area contributed by atoms with Crippen LogP contribution < -0.4 is 4.74 Å². The molecule has 4 heteroatoms. The fourth-order valence-electron chi connectivity index (χ4n) is 2.05. The van der Waals surface area contributed by atoms with Crippen molar-refractivity contribution in [1.82, 2.24) is 9.78 Å². The molecule has 0 aliphatic heterocycles. The number of rotatable bonds is 7. The molecule has 0 radical (unpaired) electrons. The molecule has 0 aliphatic rings. The van der Waals surface area contributed by atoms with Crippen LogP contribution in [0.1, 0.15) is 31.0 Å². The van der Waals surface area contributed by atoms with Crippen LogP contribution >= 0.6 is 15.9 Å². The normalized spacial score (nSPS) is 10.8. The summed E-state index contributed by atoms with van der Waals surface area (Å²) >= 11 is 3.60. The van der Waals surface area contributed by atoms with E-state index in [0.29, 0.717) is 0 Å². The molecule has 20 heavy (non-hydrogen) atoms. The van der Waals surface area contributed by atoms with Gasteiger partial charge in [0.05, 0.1) is 6.61 Å². The zero-order valence-corrected chi connectivity index (χ0v) is 13.7. The summed E-state index contributed by atoms with van der Waals surface area (Å²) in [4.78, 5) is 0. The maximum Gasteiger partial charge on any atom is 0.174 e. The fourth-order valence-corrected chi connectivity index (χ4v) is 2.71. The van der Waals surface area contributed by atoms with Crippen LogP contribution in [0.15, 0.2) is 34.9 Å². The van der Waals surface area contributed by atoms with E-state index in [9.17, 15) is 0 Å². The van der Waals surface area contributed by atoms with Crippen LogP contribution in [-0.2, 0) is 13.0 Å². The highest BCUT2D eigenvalue weighted by Gasteiger charge is 2.14. The first kappa shape index (κ1) is 15.1. The highest BCUT2D eigenvalue weighted by Crippen LogP contribution is 2.29. The molecule has 1 heterocycles. The first-order valence-electron chi connectivity index (χ1n) is 7.12. The van der Waals surface area contributed by atoms with Crippen molar-refractivity contribution in [3.63, 3.8) is 0 Å². The predicted molar refractivity (Wildman–Crippen MR) is 85.2 cm³/mol. The molecule has 0 amide bonds. The van der Waals surface area contributed by atoms with E-state index < -0.39 is 0 Å². The molecule has 2 aromatic rings. The molecular formula is C16H21BrN2O. The lowest BCUT2D eigenvalue weighted by Crippen LogP contribution is -2.04. The van der Waals surface area contributed by atoms with Gasteiger partial charge in [0.1, 0.15) is 10.3 Å². The zero-order valence-electron chi connectivity index (χ0n) is 12.1. The second-order valence-corrected chi connectivity index (χ2v) is 5.62. The Balaban J connectivity index is 2.00. The number of aromatic nitrogens is 2. The SMILES string of the molecule is CCCCOc1c(C)nn(CCc2ccccc2)c1Br. The average molecular weight is 337 g/mol. The Bertz CT molecular complexity index is 537. The Morgan fingerprint density at radius 1 is 1.25 bits per heavy atom. The number of hydrogen-bond donors (Lipinski definition) is 0. The first-order valence-corrected chi connectivity index (χ1v) is 7.91. The van der Waals surface area contributed by atoms with Crippen molar-refractivity contribution < 1.29 is 4.74 Å². The van der Waals surface area contributed by atoms with Crippen LogP contribution in [0.5, 0.6) is 5.75 Å². The lowest BCUT2D eigenvalue weighted by atomic mass is 10.1. The van der Waals surface area contributed by atoms with Crippen molar-refractivity contribution in [2.45, 2.75) is 39.7 Å². The second kappa shape index (κ2) is 7.48. The van der Waals surface area contributed by atoms with E-state index in [-0.39, 0.29) is 0 Å². The maximum absolute atomic E-state index is 5.81. The molecule has 1 aromatic carbocycles. The van der Waals surface area contributed by atoms with Crippen LogP contribution in [0.25, 0.3) is 0 Å². The molecule has 0 spiro atoms. The molecule has 0 N–H and O–H groups in total. The summed E-state index contributed by atoms with van der Waals surface area (Å²) < 4.78 is 8.73. The minimum atomic E-state index is 0.750. The third-order valence-electron chi connectivity index (χ3n) is 3.21. The molecular weight excluding hydrogens is 316 g/mol. The van der Waals surface area contributed by atoms with E-state index in [1.54, 1.807) is 0 Å². The van der Waals surface area contributed by atoms with Crippen LogP contribution in [0.2, 0.25) is 0 Å². The van der Waals surface area contributed by atoms with Crippen molar-refractivity contribution in [1.29, 1.82) is 0 Å². The monoisotopic (exact) mass is 336 g/mol. The van der Waals surface area contributed by atoms with Gasteiger partial charge in [-0.2, -0.15) is 5.10 Å². The van der Waals surface area contributed by atoms with E-state index in [2.05, 4.69) is 52.2 Å². The van der Waals surface area contributed by atoms with Crippen molar-refractivity contribution in [3.8, 4) is 5.75 Å². The molecule has 0 bridgehead atoms. The molecule has 0 saturated carbocycles. The van der Waals surface area contributed by atoms with E-state index in [0.717, 1.165) is 48.5 Å². The van der Waals surface area contributed by atoms with Gasteiger partial charge in [0.2, 0.25) is 0 Å². The largest absolute Gasteiger partial charge is 0.489 e. The minimum absolute atomic E-state index is 0.750. The Labute approximate surface area is 129 Å². The Morgan fingerprint density at radius 3 is 2.70 bits per heavy atom. The summed E-state index contributed by atoms with van der Waals surface area (Å²) in [6.45, 7) is 5.75.